The zero-order valence-corrected chi connectivity index (χ0v) is 10.8. The molecule has 0 bridgehead atoms. The smallest absolute Gasteiger partial charge is 0.324 e. The van der Waals surface area contributed by atoms with E-state index in [1.165, 1.54) is 14.2 Å². The van der Waals surface area contributed by atoms with Crippen molar-refractivity contribution in [2.24, 2.45) is 0 Å². The van der Waals surface area contributed by atoms with Crippen LogP contribution in [0.4, 0.5) is 5.95 Å². The number of aliphatic hydroxyl groups is 1. The van der Waals surface area contributed by atoms with Gasteiger partial charge in [0.15, 0.2) is 0 Å². The minimum absolute atomic E-state index is 0.196. The van der Waals surface area contributed by atoms with Gasteiger partial charge in [-0.05, 0) is 6.92 Å². The van der Waals surface area contributed by atoms with Gasteiger partial charge in [-0.3, -0.25) is 0 Å². The fourth-order valence-electron chi connectivity index (χ4n) is 1.17. The first-order valence-corrected chi connectivity index (χ1v) is 5.62. The Hall–Kier alpha value is -1.67. The number of nitrogens with one attached hydrogen (secondary N) is 2. The first-order chi connectivity index (χ1) is 8.65. The number of hydrogen-bond acceptors (Lipinski definition) is 8. The zero-order valence-electron chi connectivity index (χ0n) is 10.8. The van der Waals surface area contributed by atoms with Crippen molar-refractivity contribution in [1.82, 2.24) is 20.3 Å². The SMILES string of the molecule is COc1nc(NCCNCC(C)O)nc(OC)n1. The van der Waals surface area contributed by atoms with Gasteiger partial charge in [0.1, 0.15) is 0 Å². The highest BCUT2D eigenvalue weighted by molar-refractivity contribution is 5.27. The van der Waals surface area contributed by atoms with Gasteiger partial charge in [-0.25, -0.2) is 0 Å². The quantitative estimate of drug-likeness (QED) is 0.524. The number of nitrogens with zero attached hydrogens (tertiary/aromatic N) is 3. The van der Waals surface area contributed by atoms with Gasteiger partial charge in [0, 0.05) is 19.6 Å². The molecule has 1 atom stereocenters. The lowest BCUT2D eigenvalue weighted by Gasteiger charge is -2.09. The molecule has 8 heteroatoms. The summed E-state index contributed by atoms with van der Waals surface area (Å²) in [4.78, 5) is 11.9. The van der Waals surface area contributed by atoms with Crippen LogP contribution in [-0.4, -0.2) is 60.0 Å². The molecule has 102 valence electrons. The Morgan fingerprint density at radius 1 is 1.11 bits per heavy atom. The van der Waals surface area contributed by atoms with E-state index in [9.17, 15) is 0 Å². The second-order valence-corrected chi connectivity index (χ2v) is 3.61. The normalized spacial score (nSPS) is 12.0. The Kier molecular flexibility index (Phi) is 6.09. The van der Waals surface area contributed by atoms with Crippen molar-refractivity contribution in [3.63, 3.8) is 0 Å². The summed E-state index contributed by atoms with van der Waals surface area (Å²) in [5.41, 5.74) is 0. The summed E-state index contributed by atoms with van der Waals surface area (Å²) in [5, 5.41) is 15.1. The summed E-state index contributed by atoms with van der Waals surface area (Å²) >= 11 is 0. The van der Waals surface area contributed by atoms with Crippen molar-refractivity contribution in [2.75, 3.05) is 39.2 Å². The van der Waals surface area contributed by atoms with E-state index >= 15 is 0 Å². The molecule has 0 amide bonds. The van der Waals surface area contributed by atoms with E-state index in [1.807, 2.05) is 0 Å². The highest BCUT2D eigenvalue weighted by Crippen LogP contribution is 2.11. The lowest BCUT2D eigenvalue weighted by Crippen LogP contribution is -2.29. The number of anilines is 1. The van der Waals surface area contributed by atoms with Gasteiger partial charge in [0.25, 0.3) is 0 Å². The lowest BCUT2D eigenvalue weighted by atomic mass is 10.4. The van der Waals surface area contributed by atoms with Crippen LogP contribution in [0.2, 0.25) is 0 Å². The summed E-state index contributed by atoms with van der Waals surface area (Å²) in [6, 6.07) is 0.391. The van der Waals surface area contributed by atoms with Crippen molar-refractivity contribution in [2.45, 2.75) is 13.0 Å². The fourth-order valence-corrected chi connectivity index (χ4v) is 1.17. The maximum atomic E-state index is 9.06. The number of hydrogen-bond donors (Lipinski definition) is 3. The highest BCUT2D eigenvalue weighted by atomic mass is 16.5. The molecule has 0 aromatic carbocycles. The third kappa shape index (κ3) is 5.11. The number of rotatable bonds is 8. The Bertz CT molecular complexity index is 339. The van der Waals surface area contributed by atoms with Crippen LogP contribution in [0.15, 0.2) is 0 Å². The average molecular weight is 257 g/mol. The van der Waals surface area contributed by atoms with E-state index < -0.39 is 0 Å². The maximum absolute atomic E-state index is 9.06. The van der Waals surface area contributed by atoms with Gasteiger partial charge in [0.05, 0.1) is 20.3 Å². The molecule has 18 heavy (non-hydrogen) atoms. The van der Waals surface area contributed by atoms with Gasteiger partial charge >= 0.3 is 12.0 Å². The molecular weight excluding hydrogens is 238 g/mol. The summed E-state index contributed by atoms with van der Waals surface area (Å²) in [7, 11) is 2.95. The molecule has 0 radical (unpaired) electrons. The topological polar surface area (TPSA) is 101 Å². The number of aliphatic hydroxyl groups excluding tert-OH is 1. The third-order valence-corrected chi connectivity index (χ3v) is 1.98. The van der Waals surface area contributed by atoms with Crippen LogP contribution in [0.5, 0.6) is 12.0 Å². The minimum Gasteiger partial charge on any atom is -0.467 e. The first kappa shape index (κ1) is 14.4. The monoisotopic (exact) mass is 257 g/mol. The average Bonchev–Trinajstić information content (AvgIpc) is 2.37. The van der Waals surface area contributed by atoms with Crippen LogP contribution in [0, 0.1) is 0 Å². The van der Waals surface area contributed by atoms with E-state index in [-0.39, 0.29) is 18.1 Å². The Morgan fingerprint density at radius 3 is 2.22 bits per heavy atom. The second-order valence-electron chi connectivity index (χ2n) is 3.61. The van der Waals surface area contributed by atoms with Crippen molar-refractivity contribution < 1.29 is 14.6 Å². The summed E-state index contributed by atoms with van der Waals surface area (Å²) in [6.07, 6.45) is -0.359. The minimum atomic E-state index is -0.359. The van der Waals surface area contributed by atoms with Gasteiger partial charge in [-0.2, -0.15) is 9.97 Å². The van der Waals surface area contributed by atoms with E-state index in [0.29, 0.717) is 25.6 Å². The second kappa shape index (κ2) is 7.62. The molecule has 3 N–H and O–H groups in total. The Labute approximate surface area is 106 Å². The van der Waals surface area contributed by atoms with Crippen LogP contribution < -0.4 is 20.1 Å². The molecule has 1 unspecified atom stereocenters. The number of methoxy groups -OCH3 is 2. The standard InChI is InChI=1S/C10H19N5O3/c1-7(16)6-11-4-5-12-8-13-9(17-2)15-10(14-8)18-3/h7,11,16H,4-6H2,1-3H3,(H,12,13,14,15). The van der Waals surface area contributed by atoms with E-state index in [1.54, 1.807) is 6.92 Å². The van der Waals surface area contributed by atoms with Crippen LogP contribution in [0.3, 0.4) is 0 Å². The van der Waals surface area contributed by atoms with Crippen molar-refractivity contribution >= 4 is 5.95 Å². The van der Waals surface area contributed by atoms with Crippen LogP contribution in [-0.2, 0) is 0 Å². The van der Waals surface area contributed by atoms with Gasteiger partial charge in [-0.15, -0.1) is 4.98 Å². The third-order valence-electron chi connectivity index (χ3n) is 1.98. The van der Waals surface area contributed by atoms with E-state index in [4.69, 9.17) is 14.6 Å². The molecule has 0 spiro atoms. The molecule has 0 saturated carbocycles. The molecule has 1 rings (SSSR count). The molecule has 1 heterocycles. The molecule has 0 aliphatic rings. The number of ether oxygens (including phenoxy) is 2. The molecule has 1 aromatic rings. The zero-order chi connectivity index (χ0) is 13.4. The molecule has 0 saturated heterocycles. The van der Waals surface area contributed by atoms with Crippen LogP contribution in [0.1, 0.15) is 6.92 Å². The molecule has 0 aliphatic carbocycles. The van der Waals surface area contributed by atoms with E-state index in [0.717, 1.165) is 0 Å². The molecular formula is C10H19N5O3. The van der Waals surface area contributed by atoms with Crippen molar-refractivity contribution in [3.8, 4) is 12.0 Å². The van der Waals surface area contributed by atoms with Gasteiger partial charge in [-0.1, -0.05) is 0 Å². The van der Waals surface area contributed by atoms with Crippen molar-refractivity contribution in [3.05, 3.63) is 0 Å². The predicted octanol–water partition coefficient (Wildman–Crippen LogP) is -0.729. The van der Waals surface area contributed by atoms with Gasteiger partial charge < -0.3 is 25.2 Å². The molecule has 1 aromatic heterocycles. The molecule has 0 aliphatic heterocycles. The Balaban J connectivity index is 2.41. The van der Waals surface area contributed by atoms with Gasteiger partial charge in [0.2, 0.25) is 5.95 Å². The maximum Gasteiger partial charge on any atom is 0.324 e. The summed E-state index contributed by atoms with van der Waals surface area (Å²) in [5.74, 6) is 0.387. The molecule has 8 nitrogen and oxygen atoms in total. The largest absolute Gasteiger partial charge is 0.467 e. The van der Waals surface area contributed by atoms with Crippen LogP contribution in [0.25, 0.3) is 0 Å². The molecule has 0 fully saturated rings. The van der Waals surface area contributed by atoms with Crippen LogP contribution >= 0.6 is 0 Å². The lowest BCUT2D eigenvalue weighted by molar-refractivity contribution is 0.192. The fraction of sp³-hybridized carbons (Fsp3) is 0.700. The summed E-state index contributed by atoms with van der Waals surface area (Å²) < 4.78 is 9.85. The Morgan fingerprint density at radius 2 is 1.72 bits per heavy atom. The highest BCUT2D eigenvalue weighted by Gasteiger charge is 2.06. The predicted molar refractivity (Wildman–Crippen MR) is 66.0 cm³/mol. The first-order valence-electron chi connectivity index (χ1n) is 5.62. The van der Waals surface area contributed by atoms with E-state index in [2.05, 4.69) is 25.6 Å². The van der Waals surface area contributed by atoms with Crippen molar-refractivity contribution in [1.29, 1.82) is 0 Å². The summed E-state index contributed by atoms with van der Waals surface area (Å²) in [6.45, 7) is 3.57. The number of aromatic nitrogens is 3.